The molecule has 5 nitrogen and oxygen atoms in total. The molecule has 0 aromatic heterocycles. The number of benzene rings is 2. The third kappa shape index (κ3) is 2.83. The third-order valence-electron chi connectivity index (χ3n) is 2.84. The van der Waals surface area contributed by atoms with Gasteiger partial charge in [-0.1, -0.05) is 24.3 Å². The Labute approximate surface area is 116 Å². The van der Waals surface area contributed by atoms with Crippen LogP contribution < -0.4 is 4.74 Å². The van der Waals surface area contributed by atoms with Gasteiger partial charge < -0.3 is 4.74 Å². The summed E-state index contributed by atoms with van der Waals surface area (Å²) in [5, 5.41) is 11.1. The number of esters is 1. The molecule has 20 heavy (non-hydrogen) atoms. The molecule has 0 aliphatic heterocycles. The van der Waals surface area contributed by atoms with Crippen molar-refractivity contribution >= 4 is 11.7 Å². The molecule has 0 bridgehead atoms. The maximum atomic E-state index is 12.1. The van der Waals surface area contributed by atoms with Gasteiger partial charge in [-0.25, -0.2) is 4.79 Å². The Bertz CT molecular complexity index is 679. The lowest BCUT2D eigenvalue weighted by molar-refractivity contribution is -0.385. The van der Waals surface area contributed by atoms with Crippen LogP contribution in [0.15, 0.2) is 42.5 Å². The predicted molar refractivity (Wildman–Crippen MR) is 74.0 cm³/mol. The number of nitro groups is 1. The number of carbonyl (C=O) groups is 1. The third-order valence-corrected chi connectivity index (χ3v) is 2.84. The molecular weight excluding hydrogens is 258 g/mol. The van der Waals surface area contributed by atoms with Gasteiger partial charge in [0.05, 0.1) is 4.92 Å². The van der Waals surface area contributed by atoms with Crippen LogP contribution in [0.5, 0.6) is 5.75 Å². The van der Waals surface area contributed by atoms with Crippen LogP contribution in [0.4, 0.5) is 5.69 Å². The van der Waals surface area contributed by atoms with Gasteiger partial charge in [0.2, 0.25) is 0 Å². The number of rotatable bonds is 3. The number of carbonyl (C=O) groups excluding carboxylic acids is 1. The second-order valence-corrected chi connectivity index (χ2v) is 4.43. The van der Waals surface area contributed by atoms with Crippen LogP contribution in [0.2, 0.25) is 0 Å². The van der Waals surface area contributed by atoms with Crippen molar-refractivity contribution in [2.75, 3.05) is 0 Å². The minimum Gasteiger partial charge on any atom is -0.423 e. The number of nitro benzene ring substituents is 1. The van der Waals surface area contributed by atoms with Gasteiger partial charge in [0.15, 0.2) is 0 Å². The Morgan fingerprint density at radius 3 is 2.50 bits per heavy atom. The van der Waals surface area contributed by atoms with Gasteiger partial charge in [-0.05, 0) is 37.6 Å². The van der Waals surface area contributed by atoms with Crippen LogP contribution in [0.25, 0.3) is 0 Å². The summed E-state index contributed by atoms with van der Waals surface area (Å²) in [6.07, 6.45) is 0. The number of hydrogen-bond donors (Lipinski definition) is 0. The normalized spacial score (nSPS) is 10.1. The first-order valence-electron chi connectivity index (χ1n) is 6.02. The van der Waals surface area contributed by atoms with Crippen molar-refractivity contribution in [3.05, 3.63) is 69.3 Å². The molecule has 0 saturated carbocycles. The van der Waals surface area contributed by atoms with E-state index in [0.717, 1.165) is 5.56 Å². The molecule has 2 aromatic rings. The van der Waals surface area contributed by atoms with Gasteiger partial charge in [-0.3, -0.25) is 10.1 Å². The fraction of sp³-hybridized carbons (Fsp3) is 0.133. The first-order valence-corrected chi connectivity index (χ1v) is 6.02. The number of nitrogens with zero attached hydrogens (tertiary/aromatic N) is 1. The Kier molecular flexibility index (Phi) is 3.79. The van der Waals surface area contributed by atoms with E-state index >= 15 is 0 Å². The van der Waals surface area contributed by atoms with Crippen molar-refractivity contribution < 1.29 is 14.5 Å². The van der Waals surface area contributed by atoms with E-state index in [-0.39, 0.29) is 11.3 Å². The van der Waals surface area contributed by atoms with Crippen molar-refractivity contribution in [2.45, 2.75) is 13.8 Å². The Hall–Kier alpha value is -2.69. The van der Waals surface area contributed by atoms with Gasteiger partial charge in [0, 0.05) is 5.56 Å². The van der Waals surface area contributed by atoms with Gasteiger partial charge in [-0.15, -0.1) is 0 Å². The molecule has 2 aromatic carbocycles. The maximum absolute atomic E-state index is 12.1. The van der Waals surface area contributed by atoms with Crippen LogP contribution in [0, 0.1) is 24.0 Å². The van der Waals surface area contributed by atoms with E-state index in [1.54, 1.807) is 37.3 Å². The van der Waals surface area contributed by atoms with Crippen LogP contribution in [-0.4, -0.2) is 10.9 Å². The summed E-state index contributed by atoms with van der Waals surface area (Å²) in [6, 6.07) is 11.5. The Morgan fingerprint density at radius 1 is 1.15 bits per heavy atom. The lowest BCUT2D eigenvalue weighted by Gasteiger charge is -2.06. The number of hydrogen-bond acceptors (Lipinski definition) is 4. The number of ether oxygens (including phenoxy) is 1. The van der Waals surface area contributed by atoms with E-state index in [1.165, 1.54) is 6.07 Å². The van der Waals surface area contributed by atoms with Crippen molar-refractivity contribution in [1.82, 2.24) is 0 Å². The van der Waals surface area contributed by atoms with Crippen molar-refractivity contribution in [3.8, 4) is 5.75 Å². The Morgan fingerprint density at radius 2 is 1.85 bits per heavy atom. The fourth-order valence-corrected chi connectivity index (χ4v) is 1.91. The van der Waals surface area contributed by atoms with Gasteiger partial charge in [-0.2, -0.15) is 0 Å². The highest BCUT2D eigenvalue weighted by Crippen LogP contribution is 2.24. The van der Waals surface area contributed by atoms with Crippen molar-refractivity contribution in [3.63, 3.8) is 0 Å². The summed E-state index contributed by atoms with van der Waals surface area (Å²) in [6.45, 7) is 3.45. The lowest BCUT2D eigenvalue weighted by atomic mass is 10.1. The lowest BCUT2D eigenvalue weighted by Crippen LogP contribution is -2.12. The Balaban J connectivity index is 2.35. The molecule has 0 N–H and O–H groups in total. The first kappa shape index (κ1) is 13.7. The molecule has 0 amide bonds. The average molecular weight is 271 g/mol. The molecule has 5 heteroatoms. The molecular formula is C15H13NO4. The first-order chi connectivity index (χ1) is 9.49. The molecule has 0 heterocycles. The standard InChI is InChI=1S/C15H13NO4/c1-10-5-3-7-12(9-10)20-15(17)13-8-4-6-11(2)14(13)16(18)19/h3-9H,1-2H3. The molecule has 0 saturated heterocycles. The summed E-state index contributed by atoms with van der Waals surface area (Å²) in [5.41, 5.74) is 1.10. The summed E-state index contributed by atoms with van der Waals surface area (Å²) in [5.74, 6) is -0.364. The minimum absolute atomic E-state index is 0.0449. The average Bonchev–Trinajstić information content (AvgIpc) is 2.37. The molecule has 0 fully saturated rings. The van der Waals surface area contributed by atoms with Gasteiger partial charge in [0.25, 0.3) is 5.69 Å². The second kappa shape index (κ2) is 5.52. The van der Waals surface area contributed by atoms with Crippen LogP contribution in [0.1, 0.15) is 21.5 Å². The quantitative estimate of drug-likeness (QED) is 0.371. The van der Waals surface area contributed by atoms with E-state index in [2.05, 4.69) is 0 Å². The topological polar surface area (TPSA) is 69.4 Å². The van der Waals surface area contributed by atoms with E-state index in [1.807, 2.05) is 13.0 Å². The highest BCUT2D eigenvalue weighted by molar-refractivity contribution is 5.95. The monoisotopic (exact) mass is 271 g/mol. The second-order valence-electron chi connectivity index (χ2n) is 4.43. The van der Waals surface area contributed by atoms with E-state index in [4.69, 9.17) is 4.74 Å². The predicted octanol–water partition coefficient (Wildman–Crippen LogP) is 3.43. The fourth-order valence-electron chi connectivity index (χ4n) is 1.91. The molecule has 0 unspecified atom stereocenters. The van der Waals surface area contributed by atoms with Gasteiger partial charge in [0.1, 0.15) is 11.3 Å². The molecule has 102 valence electrons. The van der Waals surface area contributed by atoms with Crippen LogP contribution >= 0.6 is 0 Å². The molecule has 0 radical (unpaired) electrons. The van der Waals surface area contributed by atoms with Crippen LogP contribution in [0.3, 0.4) is 0 Å². The molecule has 0 atom stereocenters. The summed E-state index contributed by atoms with van der Waals surface area (Å²) < 4.78 is 5.18. The summed E-state index contributed by atoms with van der Waals surface area (Å²) in [4.78, 5) is 22.6. The minimum atomic E-state index is -0.731. The smallest absolute Gasteiger partial charge is 0.350 e. The summed E-state index contributed by atoms with van der Waals surface area (Å²) in [7, 11) is 0. The van der Waals surface area contributed by atoms with Crippen molar-refractivity contribution in [1.29, 1.82) is 0 Å². The highest BCUT2D eigenvalue weighted by Gasteiger charge is 2.23. The molecule has 0 aliphatic rings. The SMILES string of the molecule is Cc1cccc(OC(=O)c2cccc(C)c2[N+](=O)[O-])c1. The highest BCUT2D eigenvalue weighted by atomic mass is 16.6. The summed E-state index contributed by atoms with van der Waals surface area (Å²) >= 11 is 0. The zero-order chi connectivity index (χ0) is 14.7. The molecule has 0 aliphatic carbocycles. The van der Waals surface area contributed by atoms with Crippen LogP contribution in [-0.2, 0) is 0 Å². The largest absolute Gasteiger partial charge is 0.423 e. The number of aryl methyl sites for hydroxylation is 2. The maximum Gasteiger partial charge on any atom is 0.350 e. The molecule has 2 rings (SSSR count). The zero-order valence-corrected chi connectivity index (χ0v) is 11.1. The molecule has 0 spiro atoms. The van der Waals surface area contributed by atoms with Gasteiger partial charge >= 0.3 is 5.97 Å². The van der Waals surface area contributed by atoms with E-state index in [9.17, 15) is 14.9 Å². The van der Waals surface area contributed by atoms with E-state index in [0.29, 0.717) is 11.3 Å². The van der Waals surface area contributed by atoms with E-state index < -0.39 is 10.9 Å². The zero-order valence-electron chi connectivity index (χ0n) is 11.1. The van der Waals surface area contributed by atoms with Crippen molar-refractivity contribution in [2.24, 2.45) is 0 Å². The number of para-hydroxylation sites is 1.